The summed E-state index contributed by atoms with van der Waals surface area (Å²) in [6, 6.07) is 20.8. The molecule has 3 aromatic rings. The van der Waals surface area contributed by atoms with E-state index in [1.54, 1.807) is 30.3 Å². The van der Waals surface area contributed by atoms with Crippen molar-refractivity contribution in [3.05, 3.63) is 113 Å². The molecule has 0 bridgehead atoms. The number of carbonyl (C=O) groups excluding carboxylic acids is 1. The number of hydrogen-bond acceptors (Lipinski definition) is 2. The number of piperazine rings is 1. The van der Waals surface area contributed by atoms with Crippen molar-refractivity contribution in [2.45, 2.75) is 13.0 Å². The van der Waals surface area contributed by atoms with E-state index >= 15 is 0 Å². The van der Waals surface area contributed by atoms with E-state index < -0.39 is 0 Å². The van der Waals surface area contributed by atoms with Crippen LogP contribution in [0, 0.1) is 18.6 Å². The van der Waals surface area contributed by atoms with Gasteiger partial charge in [-0.05, 0) is 54.0 Å². The van der Waals surface area contributed by atoms with E-state index in [2.05, 4.69) is 4.90 Å². The molecule has 5 heteroatoms. The lowest BCUT2D eigenvalue weighted by Crippen LogP contribution is -2.49. The van der Waals surface area contributed by atoms with Gasteiger partial charge in [0, 0.05) is 32.3 Å². The predicted octanol–water partition coefficient (Wildman–Crippen LogP) is 5.22. The Bertz CT molecular complexity index is 1020. The third-order valence-corrected chi connectivity index (χ3v) is 5.86. The van der Waals surface area contributed by atoms with E-state index in [0.29, 0.717) is 26.2 Å². The maximum atomic E-state index is 13.5. The van der Waals surface area contributed by atoms with Crippen LogP contribution in [-0.2, 0) is 4.79 Å². The van der Waals surface area contributed by atoms with Crippen molar-refractivity contribution < 1.29 is 13.6 Å². The summed E-state index contributed by atoms with van der Waals surface area (Å²) in [4.78, 5) is 16.8. The molecule has 1 amide bonds. The summed E-state index contributed by atoms with van der Waals surface area (Å²) in [6.07, 6.45) is 3.46. The zero-order chi connectivity index (χ0) is 22.5. The Morgan fingerprint density at radius 1 is 0.781 bits per heavy atom. The van der Waals surface area contributed by atoms with Gasteiger partial charge in [-0.15, -0.1) is 0 Å². The zero-order valence-electron chi connectivity index (χ0n) is 18.0. The number of nitrogens with zero attached hydrogens (tertiary/aromatic N) is 2. The normalized spacial score (nSPS) is 14.9. The van der Waals surface area contributed by atoms with Crippen molar-refractivity contribution in [1.29, 1.82) is 0 Å². The molecule has 0 unspecified atom stereocenters. The molecular formula is C27H26F2N2O. The molecule has 1 saturated heterocycles. The SMILES string of the molecule is Cc1ccc(/C=C/C(=O)N2CCN(C(c3ccc(F)cc3)c3ccc(F)cc3)CC2)cc1. The van der Waals surface area contributed by atoms with E-state index in [4.69, 9.17) is 0 Å². The maximum Gasteiger partial charge on any atom is 0.246 e. The lowest BCUT2D eigenvalue weighted by atomic mass is 9.96. The molecule has 0 spiro atoms. The fourth-order valence-corrected chi connectivity index (χ4v) is 4.06. The van der Waals surface area contributed by atoms with Crippen LogP contribution < -0.4 is 0 Å². The topological polar surface area (TPSA) is 23.6 Å². The second-order valence-electron chi connectivity index (χ2n) is 8.11. The number of amides is 1. The molecule has 0 aromatic heterocycles. The molecular weight excluding hydrogens is 406 g/mol. The number of benzene rings is 3. The van der Waals surface area contributed by atoms with Gasteiger partial charge in [0.25, 0.3) is 0 Å². The Balaban J connectivity index is 1.46. The summed E-state index contributed by atoms with van der Waals surface area (Å²) in [7, 11) is 0. The Kier molecular flexibility index (Phi) is 6.76. The minimum atomic E-state index is -0.289. The summed E-state index contributed by atoms with van der Waals surface area (Å²) in [6.45, 7) is 4.56. The molecule has 0 atom stereocenters. The molecule has 164 valence electrons. The van der Waals surface area contributed by atoms with Crippen LogP contribution in [0.3, 0.4) is 0 Å². The van der Waals surface area contributed by atoms with E-state index in [1.807, 2.05) is 42.2 Å². The molecule has 0 radical (unpaired) electrons. The van der Waals surface area contributed by atoms with Crippen molar-refractivity contribution in [3.8, 4) is 0 Å². The second-order valence-corrected chi connectivity index (χ2v) is 8.11. The molecule has 4 rings (SSSR count). The van der Waals surface area contributed by atoms with Crippen molar-refractivity contribution in [2.75, 3.05) is 26.2 Å². The highest BCUT2D eigenvalue weighted by atomic mass is 19.1. The Labute approximate surface area is 187 Å². The van der Waals surface area contributed by atoms with Gasteiger partial charge in [-0.2, -0.15) is 0 Å². The van der Waals surface area contributed by atoms with Crippen LogP contribution in [0.25, 0.3) is 6.08 Å². The molecule has 3 aromatic carbocycles. The molecule has 1 aliphatic heterocycles. The minimum absolute atomic E-state index is 0.00895. The number of rotatable bonds is 5. The number of halogens is 2. The predicted molar refractivity (Wildman–Crippen MR) is 123 cm³/mol. The lowest BCUT2D eigenvalue weighted by molar-refractivity contribution is -0.127. The van der Waals surface area contributed by atoms with Gasteiger partial charge < -0.3 is 4.90 Å². The van der Waals surface area contributed by atoms with Gasteiger partial charge >= 0.3 is 0 Å². The zero-order valence-corrected chi connectivity index (χ0v) is 18.0. The first kappa shape index (κ1) is 21.9. The molecule has 0 N–H and O–H groups in total. The second kappa shape index (κ2) is 9.88. The van der Waals surface area contributed by atoms with Gasteiger partial charge in [0.2, 0.25) is 5.91 Å². The molecule has 1 aliphatic rings. The Hall–Kier alpha value is -3.31. The van der Waals surface area contributed by atoms with Crippen LogP contribution in [0.4, 0.5) is 8.78 Å². The first-order valence-corrected chi connectivity index (χ1v) is 10.8. The number of aryl methyl sites for hydroxylation is 1. The standard InChI is InChI=1S/C27H26F2N2O/c1-20-2-4-21(5-3-20)6-15-26(32)30-16-18-31(19-17-30)27(22-7-11-24(28)12-8-22)23-9-13-25(29)14-10-23/h2-15,27H,16-19H2,1H3/b15-6+. The molecule has 1 fully saturated rings. The van der Waals surface area contributed by atoms with Gasteiger partial charge in [-0.25, -0.2) is 8.78 Å². The monoisotopic (exact) mass is 432 g/mol. The molecule has 1 heterocycles. The smallest absolute Gasteiger partial charge is 0.246 e. The van der Waals surface area contributed by atoms with Crippen LogP contribution >= 0.6 is 0 Å². The Morgan fingerprint density at radius 2 is 1.28 bits per heavy atom. The first-order chi connectivity index (χ1) is 15.5. The van der Waals surface area contributed by atoms with E-state index in [1.165, 1.54) is 29.8 Å². The third-order valence-electron chi connectivity index (χ3n) is 5.86. The third kappa shape index (κ3) is 5.29. The van der Waals surface area contributed by atoms with Gasteiger partial charge in [-0.1, -0.05) is 54.1 Å². The van der Waals surface area contributed by atoms with Crippen molar-refractivity contribution in [3.63, 3.8) is 0 Å². The quantitative estimate of drug-likeness (QED) is 0.516. The van der Waals surface area contributed by atoms with E-state index in [0.717, 1.165) is 16.7 Å². The van der Waals surface area contributed by atoms with Crippen LogP contribution in [-0.4, -0.2) is 41.9 Å². The fourth-order valence-electron chi connectivity index (χ4n) is 4.06. The van der Waals surface area contributed by atoms with Crippen molar-refractivity contribution >= 4 is 12.0 Å². The molecule has 32 heavy (non-hydrogen) atoms. The summed E-state index contributed by atoms with van der Waals surface area (Å²) in [5.41, 5.74) is 4.06. The fraction of sp³-hybridized carbons (Fsp3) is 0.222. The van der Waals surface area contributed by atoms with E-state index in [-0.39, 0.29) is 23.6 Å². The summed E-state index contributed by atoms with van der Waals surface area (Å²) in [5.74, 6) is -0.588. The van der Waals surface area contributed by atoms with Crippen LogP contribution in [0.1, 0.15) is 28.3 Å². The van der Waals surface area contributed by atoms with Crippen molar-refractivity contribution in [1.82, 2.24) is 9.80 Å². The van der Waals surface area contributed by atoms with Gasteiger partial charge in [0.05, 0.1) is 6.04 Å². The Morgan fingerprint density at radius 3 is 1.78 bits per heavy atom. The average Bonchev–Trinajstić information content (AvgIpc) is 2.81. The highest BCUT2D eigenvalue weighted by Crippen LogP contribution is 2.30. The number of carbonyl (C=O) groups is 1. The van der Waals surface area contributed by atoms with Crippen LogP contribution in [0.2, 0.25) is 0 Å². The highest BCUT2D eigenvalue weighted by molar-refractivity contribution is 5.91. The maximum absolute atomic E-state index is 13.5. The summed E-state index contributed by atoms with van der Waals surface area (Å²) < 4.78 is 27.0. The largest absolute Gasteiger partial charge is 0.337 e. The molecule has 0 aliphatic carbocycles. The first-order valence-electron chi connectivity index (χ1n) is 10.8. The number of hydrogen-bond donors (Lipinski definition) is 0. The van der Waals surface area contributed by atoms with Gasteiger partial charge in [0.1, 0.15) is 11.6 Å². The average molecular weight is 433 g/mol. The molecule has 3 nitrogen and oxygen atoms in total. The van der Waals surface area contributed by atoms with Crippen LogP contribution in [0.5, 0.6) is 0 Å². The van der Waals surface area contributed by atoms with E-state index in [9.17, 15) is 13.6 Å². The minimum Gasteiger partial charge on any atom is -0.337 e. The van der Waals surface area contributed by atoms with Gasteiger partial charge in [-0.3, -0.25) is 9.69 Å². The van der Waals surface area contributed by atoms with Crippen LogP contribution in [0.15, 0.2) is 78.9 Å². The summed E-state index contributed by atoms with van der Waals surface area (Å²) >= 11 is 0. The lowest BCUT2D eigenvalue weighted by Gasteiger charge is -2.39. The van der Waals surface area contributed by atoms with Gasteiger partial charge in [0.15, 0.2) is 0 Å². The highest BCUT2D eigenvalue weighted by Gasteiger charge is 2.27. The van der Waals surface area contributed by atoms with Crippen molar-refractivity contribution in [2.24, 2.45) is 0 Å². The molecule has 0 saturated carbocycles. The summed E-state index contributed by atoms with van der Waals surface area (Å²) in [5, 5.41) is 0.